The van der Waals surface area contributed by atoms with Crippen molar-refractivity contribution < 1.29 is 19.1 Å². The highest BCUT2D eigenvalue weighted by Crippen LogP contribution is 2.17. The zero-order valence-electron chi connectivity index (χ0n) is 15.2. The molecule has 0 bridgehead atoms. The van der Waals surface area contributed by atoms with E-state index in [0.717, 1.165) is 17.0 Å². The number of carbonyl (C=O) groups excluding carboxylic acids is 2. The Morgan fingerprint density at radius 1 is 1.04 bits per heavy atom. The molecule has 1 amide bonds. The molecule has 0 unspecified atom stereocenters. The minimum Gasteiger partial charge on any atom is -0.497 e. The van der Waals surface area contributed by atoms with Crippen LogP contribution in [0.3, 0.4) is 0 Å². The molecule has 0 heterocycles. The van der Waals surface area contributed by atoms with E-state index in [2.05, 4.69) is 5.32 Å². The van der Waals surface area contributed by atoms with Gasteiger partial charge >= 0.3 is 5.97 Å². The number of benzene rings is 2. The van der Waals surface area contributed by atoms with Crippen molar-refractivity contribution in [3.8, 4) is 5.75 Å². The van der Waals surface area contributed by atoms with Crippen molar-refractivity contribution in [2.45, 2.75) is 25.7 Å². The third-order valence-electron chi connectivity index (χ3n) is 3.41. The molecule has 2 rings (SSSR count). The lowest BCUT2D eigenvalue weighted by molar-refractivity contribution is -0.113. The van der Waals surface area contributed by atoms with Crippen molar-refractivity contribution in [2.24, 2.45) is 0 Å². The molecule has 0 aliphatic rings. The van der Waals surface area contributed by atoms with Gasteiger partial charge in [-0.3, -0.25) is 4.79 Å². The van der Waals surface area contributed by atoms with Crippen LogP contribution in [-0.4, -0.2) is 30.8 Å². The monoisotopic (exact) mass is 373 g/mol. The van der Waals surface area contributed by atoms with Crippen LogP contribution >= 0.6 is 11.8 Å². The van der Waals surface area contributed by atoms with E-state index in [0.29, 0.717) is 17.1 Å². The second-order valence-corrected chi connectivity index (χ2v) is 6.91. The quantitative estimate of drug-likeness (QED) is 0.705. The van der Waals surface area contributed by atoms with Gasteiger partial charge in [-0.2, -0.15) is 0 Å². The molecule has 2 aromatic rings. The number of methoxy groups -OCH3 is 1. The fourth-order valence-electron chi connectivity index (χ4n) is 2.15. The number of ether oxygens (including phenoxy) is 2. The highest BCUT2D eigenvalue weighted by Gasteiger charge is 2.09. The van der Waals surface area contributed by atoms with E-state index < -0.39 is 0 Å². The molecule has 0 aromatic heterocycles. The lowest BCUT2D eigenvalue weighted by Gasteiger charge is -2.08. The molecule has 0 saturated heterocycles. The van der Waals surface area contributed by atoms with Crippen LogP contribution in [0.4, 0.5) is 5.69 Å². The standard InChI is InChI=1S/C20H23NO4S/c1-14(2)25-20(23)16-6-4-15(5-7-16)12-26-13-19(22)21-17-8-10-18(24-3)11-9-17/h4-11,14H,12-13H2,1-3H3,(H,21,22). The van der Waals surface area contributed by atoms with Crippen LogP contribution in [0.5, 0.6) is 5.75 Å². The van der Waals surface area contributed by atoms with Crippen molar-refractivity contribution in [1.29, 1.82) is 0 Å². The molecule has 0 saturated carbocycles. The van der Waals surface area contributed by atoms with E-state index in [4.69, 9.17) is 9.47 Å². The lowest BCUT2D eigenvalue weighted by Crippen LogP contribution is -2.14. The first kappa shape index (κ1) is 19.8. The minimum absolute atomic E-state index is 0.0581. The first-order valence-corrected chi connectivity index (χ1v) is 9.45. The number of carbonyl (C=O) groups is 2. The molecular formula is C20H23NO4S. The Morgan fingerprint density at radius 2 is 1.69 bits per heavy atom. The largest absolute Gasteiger partial charge is 0.497 e. The number of hydrogen-bond donors (Lipinski definition) is 1. The average Bonchev–Trinajstić information content (AvgIpc) is 2.62. The normalized spacial score (nSPS) is 10.5. The van der Waals surface area contributed by atoms with Crippen molar-refractivity contribution >= 4 is 29.3 Å². The fourth-order valence-corrected chi connectivity index (χ4v) is 2.94. The number of nitrogens with one attached hydrogen (secondary N) is 1. The zero-order chi connectivity index (χ0) is 18.9. The maximum Gasteiger partial charge on any atom is 0.338 e. The van der Waals surface area contributed by atoms with Crippen LogP contribution in [0.1, 0.15) is 29.8 Å². The number of esters is 1. The Morgan fingerprint density at radius 3 is 2.27 bits per heavy atom. The fraction of sp³-hybridized carbons (Fsp3) is 0.300. The van der Waals surface area contributed by atoms with Gasteiger partial charge in [0.1, 0.15) is 5.75 Å². The van der Waals surface area contributed by atoms with Crippen LogP contribution in [0.2, 0.25) is 0 Å². The molecule has 1 N–H and O–H groups in total. The third kappa shape index (κ3) is 6.44. The van der Waals surface area contributed by atoms with Crippen molar-refractivity contribution in [2.75, 3.05) is 18.2 Å². The number of anilines is 1. The maximum absolute atomic E-state index is 12.0. The minimum atomic E-state index is -0.321. The van der Waals surface area contributed by atoms with E-state index in [1.165, 1.54) is 11.8 Å². The van der Waals surface area contributed by atoms with Gasteiger partial charge in [-0.05, 0) is 55.8 Å². The number of thioether (sulfide) groups is 1. The summed E-state index contributed by atoms with van der Waals surface area (Å²) < 4.78 is 10.2. The second-order valence-electron chi connectivity index (χ2n) is 5.92. The topological polar surface area (TPSA) is 64.6 Å². The van der Waals surface area contributed by atoms with Gasteiger partial charge in [0.2, 0.25) is 5.91 Å². The first-order chi connectivity index (χ1) is 12.5. The van der Waals surface area contributed by atoms with Gasteiger partial charge in [0.25, 0.3) is 0 Å². The van der Waals surface area contributed by atoms with Crippen molar-refractivity contribution in [3.63, 3.8) is 0 Å². The Balaban J connectivity index is 1.76. The lowest BCUT2D eigenvalue weighted by atomic mass is 10.1. The van der Waals surface area contributed by atoms with Gasteiger partial charge in [0, 0.05) is 11.4 Å². The second kappa shape index (κ2) is 9.87. The summed E-state index contributed by atoms with van der Waals surface area (Å²) in [7, 11) is 1.60. The molecule has 0 aliphatic carbocycles. The third-order valence-corrected chi connectivity index (χ3v) is 4.41. The van der Waals surface area contributed by atoms with Crippen LogP contribution in [0.15, 0.2) is 48.5 Å². The molecule has 6 heteroatoms. The molecule has 26 heavy (non-hydrogen) atoms. The molecule has 0 atom stereocenters. The summed E-state index contributed by atoms with van der Waals surface area (Å²) in [6.07, 6.45) is -0.137. The van der Waals surface area contributed by atoms with Gasteiger partial charge in [-0.1, -0.05) is 12.1 Å². The summed E-state index contributed by atoms with van der Waals surface area (Å²) in [6, 6.07) is 14.5. The van der Waals surface area contributed by atoms with E-state index in [1.54, 1.807) is 43.5 Å². The maximum atomic E-state index is 12.0. The van der Waals surface area contributed by atoms with Gasteiger partial charge in [-0.15, -0.1) is 11.8 Å². The molecule has 0 fully saturated rings. The Hall–Kier alpha value is -2.47. The summed E-state index contributed by atoms with van der Waals surface area (Å²) in [5, 5.41) is 2.85. The molecule has 0 aliphatic heterocycles. The molecule has 0 spiro atoms. The van der Waals surface area contributed by atoms with Crippen LogP contribution in [0.25, 0.3) is 0 Å². The zero-order valence-corrected chi connectivity index (χ0v) is 16.0. The Labute approximate surface area is 158 Å². The molecule has 138 valence electrons. The first-order valence-electron chi connectivity index (χ1n) is 8.29. The van der Waals surface area contributed by atoms with E-state index >= 15 is 0 Å². The average molecular weight is 373 g/mol. The summed E-state index contributed by atoms with van der Waals surface area (Å²) in [4.78, 5) is 23.8. The van der Waals surface area contributed by atoms with E-state index in [9.17, 15) is 9.59 Å². The number of hydrogen-bond acceptors (Lipinski definition) is 5. The van der Waals surface area contributed by atoms with Crippen LogP contribution in [0, 0.1) is 0 Å². The molecule has 0 radical (unpaired) electrons. The summed E-state index contributed by atoms with van der Waals surface area (Å²) in [5.74, 6) is 1.41. The molecule has 5 nitrogen and oxygen atoms in total. The van der Waals surface area contributed by atoms with Gasteiger partial charge in [0.05, 0.1) is 24.5 Å². The number of rotatable bonds is 8. The van der Waals surface area contributed by atoms with E-state index in [-0.39, 0.29) is 18.0 Å². The summed E-state index contributed by atoms with van der Waals surface area (Å²) in [5.41, 5.74) is 2.32. The summed E-state index contributed by atoms with van der Waals surface area (Å²) in [6.45, 7) is 3.64. The van der Waals surface area contributed by atoms with Crippen molar-refractivity contribution in [1.82, 2.24) is 0 Å². The molecular weight excluding hydrogens is 350 g/mol. The summed E-state index contributed by atoms with van der Waals surface area (Å²) >= 11 is 1.51. The molecule has 2 aromatic carbocycles. The number of amides is 1. The van der Waals surface area contributed by atoms with Gasteiger partial charge < -0.3 is 14.8 Å². The SMILES string of the molecule is COc1ccc(NC(=O)CSCc2ccc(C(=O)OC(C)C)cc2)cc1. The predicted octanol–water partition coefficient (Wildman–Crippen LogP) is 4.13. The highest BCUT2D eigenvalue weighted by molar-refractivity contribution is 7.99. The van der Waals surface area contributed by atoms with E-state index in [1.807, 2.05) is 26.0 Å². The van der Waals surface area contributed by atoms with Crippen molar-refractivity contribution in [3.05, 3.63) is 59.7 Å². The smallest absolute Gasteiger partial charge is 0.338 e. The Bertz CT molecular complexity index is 726. The van der Waals surface area contributed by atoms with Gasteiger partial charge in [-0.25, -0.2) is 4.79 Å². The highest BCUT2D eigenvalue weighted by atomic mass is 32.2. The van der Waals surface area contributed by atoms with Gasteiger partial charge in [0.15, 0.2) is 0 Å². The predicted molar refractivity (Wildman–Crippen MR) is 105 cm³/mol. The van der Waals surface area contributed by atoms with Crippen LogP contribution in [-0.2, 0) is 15.3 Å². The Kier molecular flexibility index (Phi) is 7.53. The van der Waals surface area contributed by atoms with Crippen LogP contribution < -0.4 is 10.1 Å².